The van der Waals surface area contributed by atoms with Gasteiger partial charge in [0.1, 0.15) is 11.4 Å². The molecule has 1 saturated heterocycles. The van der Waals surface area contributed by atoms with E-state index in [0.717, 1.165) is 32.7 Å². The molecule has 0 bridgehead atoms. The number of likely N-dealkylation sites (N-methyl/N-ethyl adjacent to an activating group) is 1. The Kier molecular flexibility index (Phi) is 6.80. The number of rotatable bonds is 7. The highest BCUT2D eigenvalue weighted by Gasteiger charge is 2.15. The van der Waals surface area contributed by atoms with Gasteiger partial charge in [0.2, 0.25) is 5.95 Å². The van der Waals surface area contributed by atoms with Crippen LogP contribution >= 0.6 is 0 Å². The summed E-state index contributed by atoms with van der Waals surface area (Å²) in [5.74, 6) is -0.650. The normalized spacial score (nSPS) is 14.9. The number of aromatic amines is 1. The van der Waals surface area contributed by atoms with Crippen LogP contribution in [0.5, 0.6) is 0 Å². The lowest BCUT2D eigenvalue weighted by Gasteiger charge is -2.32. The van der Waals surface area contributed by atoms with Crippen LogP contribution in [-0.4, -0.2) is 84.0 Å². The van der Waals surface area contributed by atoms with Crippen molar-refractivity contribution in [2.45, 2.75) is 0 Å². The summed E-state index contributed by atoms with van der Waals surface area (Å²) in [4.78, 5) is 40.9. The minimum atomic E-state index is -0.632. The number of pyridine rings is 1. The predicted molar refractivity (Wildman–Crippen MR) is 126 cm³/mol. The van der Waals surface area contributed by atoms with Gasteiger partial charge in [0, 0.05) is 51.7 Å². The quantitative estimate of drug-likeness (QED) is 0.423. The predicted octanol–water partition coefficient (Wildman–Crippen LogP) is 1.41. The van der Waals surface area contributed by atoms with E-state index in [0.29, 0.717) is 34.8 Å². The van der Waals surface area contributed by atoms with Crippen LogP contribution in [0, 0.1) is 5.82 Å². The Morgan fingerprint density at radius 3 is 2.58 bits per heavy atom. The topological polar surface area (TPSA) is 118 Å². The zero-order valence-corrected chi connectivity index (χ0v) is 18.6. The van der Waals surface area contributed by atoms with Crippen molar-refractivity contribution in [1.29, 1.82) is 0 Å². The largest absolute Gasteiger partial charge is 0.386 e. The summed E-state index contributed by atoms with van der Waals surface area (Å²) < 4.78 is 13.9. The van der Waals surface area contributed by atoms with Crippen molar-refractivity contribution in [3.8, 4) is 0 Å². The highest BCUT2D eigenvalue weighted by molar-refractivity contribution is 6.06. The lowest BCUT2D eigenvalue weighted by atomic mass is 10.1. The monoisotopic (exact) mass is 454 g/mol. The number of hydrogen-bond donors (Lipinski definition) is 4. The van der Waals surface area contributed by atoms with E-state index in [1.165, 1.54) is 30.6 Å². The molecule has 33 heavy (non-hydrogen) atoms. The summed E-state index contributed by atoms with van der Waals surface area (Å²) in [5, 5.41) is 9.02. The lowest BCUT2D eigenvalue weighted by Crippen LogP contribution is -2.45. The first-order valence-electron chi connectivity index (χ1n) is 10.8. The van der Waals surface area contributed by atoms with Gasteiger partial charge in [-0.25, -0.2) is 14.4 Å². The smallest absolute Gasteiger partial charge is 0.261 e. The van der Waals surface area contributed by atoms with Gasteiger partial charge < -0.3 is 25.8 Å². The second-order valence-corrected chi connectivity index (χ2v) is 8.00. The van der Waals surface area contributed by atoms with Crippen molar-refractivity contribution in [3.63, 3.8) is 0 Å². The molecule has 1 amide bonds. The van der Waals surface area contributed by atoms with Crippen LogP contribution in [0.15, 0.2) is 35.4 Å². The van der Waals surface area contributed by atoms with E-state index in [1.807, 2.05) is 0 Å². The van der Waals surface area contributed by atoms with Gasteiger partial charge in [-0.1, -0.05) is 0 Å². The first kappa shape index (κ1) is 22.6. The van der Waals surface area contributed by atoms with E-state index in [2.05, 4.69) is 47.7 Å². The van der Waals surface area contributed by atoms with Gasteiger partial charge in [-0.15, -0.1) is 0 Å². The third-order valence-corrected chi connectivity index (χ3v) is 5.65. The lowest BCUT2D eigenvalue weighted by molar-refractivity contribution is 0.102. The van der Waals surface area contributed by atoms with Gasteiger partial charge >= 0.3 is 0 Å². The molecule has 0 aliphatic carbocycles. The standard InChI is InChI=1S/C22H27FN8O2/c1-24-18-11-15(23)9-14-10-17(21(33)29-19(14)18)20(32)28-16-12-26-22(27-13-16)25-3-4-31-7-5-30(2)6-8-31/h9-13,24H,3-8H2,1-2H3,(H,28,32)(H,29,33)(H,25,26,27). The van der Waals surface area contributed by atoms with E-state index >= 15 is 0 Å². The Hall–Kier alpha value is -3.57. The molecular formula is C22H27FN8O2. The Bertz CT molecular complexity index is 1190. The number of benzene rings is 1. The molecule has 2 aromatic heterocycles. The highest BCUT2D eigenvalue weighted by Crippen LogP contribution is 2.22. The SMILES string of the molecule is CNc1cc(F)cc2cc(C(=O)Nc3cnc(NCCN4CCN(C)CC4)nc3)c(=O)[nH]c12. The van der Waals surface area contributed by atoms with Crippen LogP contribution in [0.25, 0.3) is 10.9 Å². The fourth-order valence-corrected chi connectivity index (χ4v) is 3.73. The molecule has 1 aromatic carbocycles. The number of carbonyl (C=O) groups excluding carboxylic acids is 1. The second kappa shape index (κ2) is 9.92. The van der Waals surface area contributed by atoms with Gasteiger partial charge in [-0.05, 0) is 25.2 Å². The van der Waals surface area contributed by atoms with Crippen molar-refractivity contribution in [1.82, 2.24) is 24.8 Å². The summed E-state index contributed by atoms with van der Waals surface area (Å²) in [6, 6.07) is 3.90. The number of fused-ring (bicyclic) bond motifs is 1. The van der Waals surface area contributed by atoms with E-state index < -0.39 is 17.3 Å². The third-order valence-electron chi connectivity index (χ3n) is 5.65. The number of H-pyrrole nitrogens is 1. The third kappa shape index (κ3) is 5.44. The molecule has 10 nitrogen and oxygen atoms in total. The van der Waals surface area contributed by atoms with Crippen molar-refractivity contribution < 1.29 is 9.18 Å². The zero-order valence-electron chi connectivity index (χ0n) is 18.6. The van der Waals surface area contributed by atoms with Crippen LogP contribution in [0.4, 0.5) is 21.7 Å². The minimum absolute atomic E-state index is 0.135. The second-order valence-electron chi connectivity index (χ2n) is 8.00. The number of amides is 1. The molecule has 0 radical (unpaired) electrons. The Morgan fingerprint density at radius 1 is 1.15 bits per heavy atom. The number of hydrogen-bond acceptors (Lipinski definition) is 8. The first-order valence-corrected chi connectivity index (χ1v) is 10.8. The van der Waals surface area contributed by atoms with Gasteiger partial charge in [0.25, 0.3) is 11.5 Å². The van der Waals surface area contributed by atoms with Crippen LogP contribution in [0.3, 0.4) is 0 Å². The number of aromatic nitrogens is 3. The number of nitrogens with one attached hydrogen (secondary N) is 4. The molecule has 1 aliphatic rings. The van der Waals surface area contributed by atoms with Gasteiger partial charge in [0.05, 0.1) is 29.3 Å². The van der Waals surface area contributed by atoms with Gasteiger partial charge in [-0.2, -0.15) is 0 Å². The summed E-state index contributed by atoms with van der Waals surface area (Å²) in [6.45, 7) is 5.83. The molecule has 3 heterocycles. The summed E-state index contributed by atoms with van der Waals surface area (Å²) in [6.07, 6.45) is 2.94. The molecule has 4 rings (SSSR count). The molecule has 1 aliphatic heterocycles. The number of nitrogens with zero attached hydrogens (tertiary/aromatic N) is 4. The molecule has 174 valence electrons. The first-order chi connectivity index (χ1) is 15.9. The van der Waals surface area contributed by atoms with E-state index in [4.69, 9.17) is 0 Å². The summed E-state index contributed by atoms with van der Waals surface area (Å²) >= 11 is 0. The molecule has 1 fully saturated rings. The van der Waals surface area contributed by atoms with Crippen LogP contribution < -0.4 is 21.5 Å². The van der Waals surface area contributed by atoms with E-state index in [1.54, 1.807) is 7.05 Å². The molecule has 0 saturated carbocycles. The van der Waals surface area contributed by atoms with Crippen LogP contribution in [-0.2, 0) is 0 Å². The van der Waals surface area contributed by atoms with Crippen LogP contribution in [0.2, 0.25) is 0 Å². The molecule has 0 spiro atoms. The van der Waals surface area contributed by atoms with E-state index in [-0.39, 0.29) is 5.56 Å². The number of carbonyl (C=O) groups is 1. The summed E-state index contributed by atoms with van der Waals surface area (Å²) in [7, 11) is 3.75. The Labute approximate surface area is 190 Å². The Balaban J connectivity index is 1.38. The average Bonchev–Trinajstić information content (AvgIpc) is 2.81. The van der Waals surface area contributed by atoms with Gasteiger partial charge in [0.15, 0.2) is 0 Å². The van der Waals surface area contributed by atoms with E-state index in [9.17, 15) is 14.0 Å². The minimum Gasteiger partial charge on any atom is -0.386 e. The van der Waals surface area contributed by atoms with Crippen molar-refractivity contribution >= 4 is 34.1 Å². The zero-order chi connectivity index (χ0) is 23.4. The molecule has 0 unspecified atom stereocenters. The highest BCUT2D eigenvalue weighted by atomic mass is 19.1. The van der Waals surface area contributed by atoms with Crippen molar-refractivity contribution in [2.24, 2.45) is 0 Å². The Morgan fingerprint density at radius 2 is 1.88 bits per heavy atom. The van der Waals surface area contributed by atoms with Crippen molar-refractivity contribution in [2.75, 3.05) is 69.3 Å². The number of piperazine rings is 1. The van der Waals surface area contributed by atoms with Gasteiger partial charge in [-0.3, -0.25) is 14.5 Å². The molecule has 0 atom stereocenters. The fourth-order valence-electron chi connectivity index (χ4n) is 3.73. The maximum Gasteiger partial charge on any atom is 0.261 e. The number of halogens is 1. The molecular weight excluding hydrogens is 427 g/mol. The summed E-state index contributed by atoms with van der Waals surface area (Å²) in [5.41, 5.74) is 0.490. The number of anilines is 3. The maximum atomic E-state index is 13.9. The maximum absolute atomic E-state index is 13.9. The van der Waals surface area contributed by atoms with Crippen LogP contribution in [0.1, 0.15) is 10.4 Å². The molecule has 3 aromatic rings. The fraction of sp³-hybridized carbons (Fsp3) is 0.364. The van der Waals surface area contributed by atoms with Crippen molar-refractivity contribution in [3.05, 3.63) is 52.3 Å². The average molecular weight is 455 g/mol. The molecule has 11 heteroatoms. The molecule has 4 N–H and O–H groups in total.